The fraction of sp³-hybridized carbons (Fsp3) is 0.250. The summed E-state index contributed by atoms with van der Waals surface area (Å²) in [5.74, 6) is 0.283. The molecule has 4 N–H and O–H groups in total. The second-order valence-corrected chi connectivity index (χ2v) is 4.58. The van der Waals surface area contributed by atoms with Crippen LogP contribution in [0.1, 0.15) is 23.6 Å². The van der Waals surface area contributed by atoms with Crippen LogP contribution in [0.25, 0.3) is 0 Å². The van der Waals surface area contributed by atoms with Crippen LogP contribution in [-0.4, -0.2) is 23.4 Å². The molecule has 2 aromatic rings. The van der Waals surface area contributed by atoms with Gasteiger partial charge in [0.1, 0.15) is 11.8 Å². The minimum atomic E-state index is 0.202. The van der Waals surface area contributed by atoms with Crippen molar-refractivity contribution in [2.24, 2.45) is 0 Å². The van der Waals surface area contributed by atoms with Gasteiger partial charge in [-0.1, -0.05) is 30.3 Å². The molecule has 0 saturated heterocycles. The minimum Gasteiger partial charge on any atom is -0.508 e. The molecule has 0 heterocycles. The van der Waals surface area contributed by atoms with E-state index in [2.05, 4.69) is 17.4 Å². The third-order valence-corrected chi connectivity index (χ3v) is 3.18. The first kappa shape index (κ1) is 13.6. The van der Waals surface area contributed by atoms with E-state index in [1.807, 2.05) is 30.3 Å². The van der Waals surface area contributed by atoms with Gasteiger partial charge in [-0.3, -0.25) is 0 Å². The summed E-state index contributed by atoms with van der Waals surface area (Å²) in [6.45, 7) is 1.09. The van der Waals surface area contributed by atoms with Crippen LogP contribution in [0, 0.1) is 0 Å². The first-order valence-corrected chi connectivity index (χ1v) is 6.59. The Labute approximate surface area is 113 Å². The number of aliphatic hydroxyl groups is 1. The Morgan fingerprint density at radius 3 is 2.16 bits per heavy atom. The number of aliphatic hydroxyl groups excluding tert-OH is 1. The van der Waals surface area contributed by atoms with Crippen LogP contribution < -0.4 is 5.32 Å². The van der Waals surface area contributed by atoms with Crippen molar-refractivity contribution in [2.45, 2.75) is 12.5 Å². The lowest BCUT2D eigenvalue weighted by Crippen LogP contribution is -2.85. The molecule has 0 spiro atoms. The fourth-order valence-corrected chi connectivity index (χ4v) is 2.18. The van der Waals surface area contributed by atoms with Gasteiger partial charge in [0, 0.05) is 24.2 Å². The van der Waals surface area contributed by atoms with Gasteiger partial charge in [0.2, 0.25) is 0 Å². The van der Waals surface area contributed by atoms with Crippen LogP contribution in [0.5, 0.6) is 5.75 Å². The molecule has 100 valence electrons. The average Bonchev–Trinajstić information content (AvgIpc) is 2.46. The molecule has 0 bridgehead atoms. The third-order valence-electron chi connectivity index (χ3n) is 3.18. The van der Waals surface area contributed by atoms with Gasteiger partial charge in [-0.05, 0) is 24.3 Å². The molecule has 3 nitrogen and oxygen atoms in total. The van der Waals surface area contributed by atoms with Crippen molar-refractivity contribution in [3.8, 4) is 5.75 Å². The molecule has 0 aliphatic rings. The number of rotatable bonds is 6. The highest BCUT2D eigenvalue weighted by Crippen LogP contribution is 2.20. The van der Waals surface area contributed by atoms with Gasteiger partial charge < -0.3 is 15.5 Å². The van der Waals surface area contributed by atoms with E-state index in [1.54, 1.807) is 12.1 Å². The molecule has 1 atom stereocenters. The molecule has 0 aliphatic heterocycles. The van der Waals surface area contributed by atoms with E-state index in [-0.39, 0.29) is 18.4 Å². The van der Waals surface area contributed by atoms with Crippen molar-refractivity contribution >= 4 is 0 Å². The quantitative estimate of drug-likeness (QED) is 0.686. The molecule has 2 aromatic carbocycles. The first-order chi connectivity index (χ1) is 9.31. The lowest BCUT2D eigenvalue weighted by atomic mass is 9.98. The summed E-state index contributed by atoms with van der Waals surface area (Å²) in [5.41, 5.74) is 2.38. The van der Waals surface area contributed by atoms with E-state index in [4.69, 9.17) is 5.11 Å². The summed E-state index contributed by atoms with van der Waals surface area (Å²) >= 11 is 0. The average molecular weight is 258 g/mol. The number of benzene rings is 2. The maximum Gasteiger partial charge on any atom is 0.137 e. The molecular formula is C16H20NO2+. The van der Waals surface area contributed by atoms with Crippen LogP contribution in [0.2, 0.25) is 0 Å². The summed E-state index contributed by atoms with van der Waals surface area (Å²) in [6, 6.07) is 17.8. The Bertz CT molecular complexity index is 482. The van der Waals surface area contributed by atoms with Gasteiger partial charge in [0.05, 0.1) is 6.54 Å². The second kappa shape index (κ2) is 6.92. The van der Waals surface area contributed by atoms with Gasteiger partial charge in [0.15, 0.2) is 0 Å². The third kappa shape index (κ3) is 3.81. The summed E-state index contributed by atoms with van der Waals surface area (Å²) < 4.78 is 0. The SMILES string of the molecule is OCCC[NH2+][C@@H](c1ccccc1)c1ccc(O)cc1. The molecule has 2 rings (SSSR count). The normalized spacial score (nSPS) is 12.3. The van der Waals surface area contributed by atoms with E-state index in [0.29, 0.717) is 0 Å². The minimum absolute atomic E-state index is 0.202. The van der Waals surface area contributed by atoms with Crippen molar-refractivity contribution in [1.82, 2.24) is 0 Å². The number of nitrogens with two attached hydrogens (primary N) is 1. The monoisotopic (exact) mass is 258 g/mol. The highest BCUT2D eigenvalue weighted by molar-refractivity contribution is 5.33. The molecule has 0 radical (unpaired) electrons. The van der Waals surface area contributed by atoms with Crippen molar-refractivity contribution in [2.75, 3.05) is 13.2 Å². The van der Waals surface area contributed by atoms with Gasteiger partial charge in [-0.2, -0.15) is 0 Å². The van der Waals surface area contributed by atoms with E-state index in [0.717, 1.165) is 18.5 Å². The van der Waals surface area contributed by atoms with Gasteiger partial charge in [-0.15, -0.1) is 0 Å². The van der Waals surface area contributed by atoms with Gasteiger partial charge in [0.25, 0.3) is 0 Å². The first-order valence-electron chi connectivity index (χ1n) is 6.59. The highest BCUT2D eigenvalue weighted by atomic mass is 16.3. The van der Waals surface area contributed by atoms with Crippen molar-refractivity contribution in [3.63, 3.8) is 0 Å². The molecular weight excluding hydrogens is 238 g/mol. The molecule has 0 saturated carbocycles. The number of phenolic OH excluding ortho intramolecular Hbond substituents is 1. The van der Waals surface area contributed by atoms with Crippen LogP contribution in [0.3, 0.4) is 0 Å². The topological polar surface area (TPSA) is 57.1 Å². The summed E-state index contributed by atoms with van der Waals surface area (Å²) in [7, 11) is 0. The van der Waals surface area contributed by atoms with Crippen LogP contribution in [-0.2, 0) is 0 Å². The number of quaternary nitrogens is 1. The standard InChI is InChI=1S/C16H19NO2/c18-12-4-11-17-16(13-5-2-1-3-6-13)14-7-9-15(19)10-8-14/h1-3,5-10,16-19H,4,11-12H2/p+1/t16-/m0/s1. The van der Waals surface area contributed by atoms with Crippen LogP contribution >= 0.6 is 0 Å². The number of aromatic hydroxyl groups is 1. The van der Waals surface area contributed by atoms with E-state index in [9.17, 15) is 5.11 Å². The lowest BCUT2D eigenvalue weighted by molar-refractivity contribution is -0.687. The summed E-state index contributed by atoms with van der Waals surface area (Å²) in [6.07, 6.45) is 0.779. The molecule has 0 amide bonds. The lowest BCUT2D eigenvalue weighted by Gasteiger charge is -2.16. The zero-order valence-corrected chi connectivity index (χ0v) is 10.9. The fourth-order valence-electron chi connectivity index (χ4n) is 2.18. The number of phenols is 1. The van der Waals surface area contributed by atoms with E-state index in [1.165, 1.54) is 5.56 Å². The maximum absolute atomic E-state index is 9.38. The van der Waals surface area contributed by atoms with Crippen molar-refractivity contribution < 1.29 is 15.5 Å². The van der Waals surface area contributed by atoms with Crippen LogP contribution in [0.15, 0.2) is 54.6 Å². The van der Waals surface area contributed by atoms with Gasteiger partial charge in [-0.25, -0.2) is 0 Å². The highest BCUT2D eigenvalue weighted by Gasteiger charge is 2.16. The second-order valence-electron chi connectivity index (χ2n) is 4.58. The number of hydrogen-bond donors (Lipinski definition) is 3. The number of hydrogen-bond acceptors (Lipinski definition) is 2. The molecule has 3 heteroatoms. The zero-order valence-electron chi connectivity index (χ0n) is 10.9. The van der Waals surface area contributed by atoms with E-state index >= 15 is 0 Å². The molecule has 19 heavy (non-hydrogen) atoms. The Kier molecular flexibility index (Phi) is 4.95. The smallest absolute Gasteiger partial charge is 0.137 e. The van der Waals surface area contributed by atoms with Crippen molar-refractivity contribution in [1.29, 1.82) is 0 Å². The van der Waals surface area contributed by atoms with Gasteiger partial charge >= 0.3 is 0 Å². The largest absolute Gasteiger partial charge is 0.508 e. The zero-order chi connectivity index (χ0) is 13.5. The predicted octanol–water partition coefficient (Wildman–Crippen LogP) is 1.43. The van der Waals surface area contributed by atoms with Crippen LogP contribution in [0.4, 0.5) is 0 Å². The molecule has 0 unspecified atom stereocenters. The maximum atomic E-state index is 9.38. The summed E-state index contributed by atoms with van der Waals surface area (Å²) in [4.78, 5) is 0. The van der Waals surface area contributed by atoms with Crippen molar-refractivity contribution in [3.05, 3.63) is 65.7 Å². The molecule has 0 fully saturated rings. The van der Waals surface area contributed by atoms with E-state index < -0.39 is 0 Å². The molecule has 0 aromatic heterocycles. The predicted molar refractivity (Wildman–Crippen MR) is 74.9 cm³/mol. The summed E-state index contributed by atoms with van der Waals surface area (Å²) in [5, 5.41) is 20.5. The Balaban J connectivity index is 2.21. The molecule has 0 aliphatic carbocycles. The Morgan fingerprint density at radius 1 is 0.895 bits per heavy atom. The Morgan fingerprint density at radius 2 is 1.53 bits per heavy atom. The Hall–Kier alpha value is -1.84.